The lowest BCUT2D eigenvalue weighted by Gasteiger charge is -2.22. The lowest BCUT2D eigenvalue weighted by atomic mass is 9.84. The van der Waals surface area contributed by atoms with Gasteiger partial charge in [-0.2, -0.15) is 5.10 Å². The van der Waals surface area contributed by atoms with Gasteiger partial charge in [0.2, 0.25) is 0 Å². The van der Waals surface area contributed by atoms with E-state index in [1.165, 1.54) is 11.6 Å². The van der Waals surface area contributed by atoms with E-state index in [-0.39, 0.29) is 18.3 Å². The van der Waals surface area contributed by atoms with Crippen LogP contribution in [0.15, 0.2) is 42.9 Å². The molecule has 0 fully saturated rings. The minimum absolute atomic E-state index is 0.0878. The van der Waals surface area contributed by atoms with Crippen LogP contribution in [0, 0.1) is 11.7 Å². The van der Waals surface area contributed by atoms with Crippen LogP contribution in [0.3, 0.4) is 0 Å². The molecule has 5 aromatic rings. The van der Waals surface area contributed by atoms with Gasteiger partial charge < -0.3 is 10.1 Å². The predicted octanol–water partition coefficient (Wildman–Crippen LogP) is 4.77. The average molecular weight is 471 g/mol. The Labute approximate surface area is 202 Å². The second-order valence-corrected chi connectivity index (χ2v) is 9.75. The standard InChI is InChI=1S/C27H27FN6O/c1-15(2)21-13-30-34-24(32-26(33-27(21)34)18-8-17(14-35)11-29-12-18)10-16-6-7-23-20(9-16)19-4-3-5-22(28)25(19)31-23/h3-5,8,11-13,15-16,31,35H,6-7,9-10,14H2,1-2H3. The Morgan fingerprint density at radius 1 is 1.20 bits per heavy atom. The highest BCUT2D eigenvalue weighted by Gasteiger charge is 2.26. The second-order valence-electron chi connectivity index (χ2n) is 9.75. The van der Waals surface area contributed by atoms with Gasteiger partial charge in [-0.25, -0.2) is 18.9 Å². The van der Waals surface area contributed by atoms with E-state index < -0.39 is 0 Å². The molecule has 0 radical (unpaired) electrons. The number of nitrogens with zero attached hydrogens (tertiary/aromatic N) is 5. The van der Waals surface area contributed by atoms with Crippen molar-refractivity contribution in [3.8, 4) is 11.4 Å². The van der Waals surface area contributed by atoms with Gasteiger partial charge in [-0.05, 0) is 54.4 Å². The minimum atomic E-state index is -0.202. The third-order valence-electron chi connectivity index (χ3n) is 7.07. The fourth-order valence-electron chi connectivity index (χ4n) is 5.22. The Balaban J connectivity index is 1.41. The molecule has 7 nitrogen and oxygen atoms in total. The van der Waals surface area contributed by atoms with Crippen molar-refractivity contribution in [3.63, 3.8) is 0 Å². The summed E-state index contributed by atoms with van der Waals surface area (Å²) in [5.41, 5.74) is 6.33. The summed E-state index contributed by atoms with van der Waals surface area (Å²) in [6.45, 7) is 4.17. The first-order valence-corrected chi connectivity index (χ1v) is 12.1. The number of aryl methyl sites for hydroxylation is 1. The summed E-state index contributed by atoms with van der Waals surface area (Å²) in [6, 6.07) is 7.16. The summed E-state index contributed by atoms with van der Waals surface area (Å²) in [5.74, 6) is 1.86. The summed E-state index contributed by atoms with van der Waals surface area (Å²) < 4.78 is 16.2. The molecule has 0 spiro atoms. The maximum Gasteiger partial charge on any atom is 0.165 e. The highest BCUT2D eigenvalue weighted by Crippen LogP contribution is 2.34. The van der Waals surface area contributed by atoms with Crippen LogP contribution in [0.4, 0.5) is 4.39 Å². The number of hydrogen-bond acceptors (Lipinski definition) is 5. The zero-order chi connectivity index (χ0) is 24.1. The molecule has 4 heterocycles. The molecule has 0 amide bonds. The van der Waals surface area contributed by atoms with E-state index in [0.29, 0.717) is 17.3 Å². The van der Waals surface area contributed by atoms with Gasteiger partial charge >= 0.3 is 0 Å². The van der Waals surface area contributed by atoms with E-state index in [9.17, 15) is 9.50 Å². The van der Waals surface area contributed by atoms with E-state index >= 15 is 0 Å². The molecule has 0 saturated carbocycles. The number of aromatic amines is 1. The minimum Gasteiger partial charge on any atom is -0.392 e. The molecular formula is C27H27FN6O. The molecule has 1 aliphatic rings. The molecule has 1 aliphatic carbocycles. The van der Waals surface area contributed by atoms with Crippen LogP contribution >= 0.6 is 0 Å². The van der Waals surface area contributed by atoms with E-state index in [1.807, 2.05) is 22.8 Å². The van der Waals surface area contributed by atoms with E-state index in [2.05, 4.69) is 28.9 Å². The SMILES string of the molecule is CC(C)c1cnn2c(CC3CCc4[nH]c5c(F)cccc5c4C3)nc(-c3cncc(CO)c3)nc12. The van der Waals surface area contributed by atoms with Crippen LogP contribution in [0.5, 0.6) is 0 Å². The van der Waals surface area contributed by atoms with Crippen LogP contribution in [-0.4, -0.2) is 34.7 Å². The summed E-state index contributed by atoms with van der Waals surface area (Å²) in [4.78, 5) is 17.4. The lowest BCUT2D eigenvalue weighted by molar-refractivity contribution is 0.281. The summed E-state index contributed by atoms with van der Waals surface area (Å²) in [6.07, 6.45) is 8.72. The Bertz CT molecular complexity index is 1550. The molecule has 4 aromatic heterocycles. The Hall–Kier alpha value is -3.65. The number of H-pyrrole nitrogens is 1. The summed E-state index contributed by atoms with van der Waals surface area (Å²) in [7, 11) is 0. The molecule has 2 N–H and O–H groups in total. The molecular weight excluding hydrogens is 443 g/mol. The molecule has 178 valence electrons. The van der Waals surface area contributed by atoms with Crippen molar-refractivity contribution in [2.24, 2.45) is 5.92 Å². The van der Waals surface area contributed by atoms with Crippen molar-refractivity contribution in [1.82, 2.24) is 29.5 Å². The van der Waals surface area contributed by atoms with Gasteiger partial charge in [-0.15, -0.1) is 0 Å². The van der Waals surface area contributed by atoms with Gasteiger partial charge in [0.1, 0.15) is 11.6 Å². The zero-order valence-electron chi connectivity index (χ0n) is 19.8. The number of benzene rings is 1. The molecule has 35 heavy (non-hydrogen) atoms. The number of hydrogen-bond donors (Lipinski definition) is 2. The fourth-order valence-corrected chi connectivity index (χ4v) is 5.22. The molecule has 0 bridgehead atoms. The predicted molar refractivity (Wildman–Crippen MR) is 132 cm³/mol. The van der Waals surface area contributed by atoms with Crippen LogP contribution in [-0.2, 0) is 25.9 Å². The number of fused-ring (bicyclic) bond motifs is 4. The van der Waals surface area contributed by atoms with Gasteiger partial charge in [0.25, 0.3) is 0 Å². The monoisotopic (exact) mass is 470 g/mol. The van der Waals surface area contributed by atoms with Crippen molar-refractivity contribution >= 4 is 16.6 Å². The first kappa shape index (κ1) is 21.9. The number of aliphatic hydroxyl groups is 1. The second kappa shape index (κ2) is 8.53. The number of nitrogens with one attached hydrogen (secondary N) is 1. The van der Waals surface area contributed by atoms with Crippen LogP contribution in [0.2, 0.25) is 0 Å². The Morgan fingerprint density at radius 3 is 2.91 bits per heavy atom. The molecule has 0 aliphatic heterocycles. The van der Waals surface area contributed by atoms with Gasteiger partial charge in [0, 0.05) is 41.0 Å². The average Bonchev–Trinajstić information content (AvgIpc) is 3.47. The number of para-hydroxylation sites is 1. The summed E-state index contributed by atoms with van der Waals surface area (Å²) in [5, 5.41) is 15.2. The Morgan fingerprint density at radius 2 is 2.09 bits per heavy atom. The normalized spacial score (nSPS) is 15.9. The highest BCUT2D eigenvalue weighted by atomic mass is 19.1. The summed E-state index contributed by atoms with van der Waals surface area (Å²) >= 11 is 0. The van der Waals surface area contributed by atoms with Crippen molar-refractivity contribution in [1.29, 1.82) is 0 Å². The highest BCUT2D eigenvalue weighted by molar-refractivity contribution is 5.85. The van der Waals surface area contributed by atoms with Crippen molar-refractivity contribution in [2.75, 3.05) is 0 Å². The van der Waals surface area contributed by atoms with Crippen LogP contribution < -0.4 is 0 Å². The zero-order valence-corrected chi connectivity index (χ0v) is 19.8. The fraction of sp³-hybridized carbons (Fsp3) is 0.333. The first-order valence-electron chi connectivity index (χ1n) is 12.1. The van der Waals surface area contributed by atoms with Crippen molar-refractivity contribution < 1.29 is 9.50 Å². The molecule has 1 atom stereocenters. The van der Waals surface area contributed by atoms with Crippen molar-refractivity contribution in [2.45, 2.75) is 52.1 Å². The van der Waals surface area contributed by atoms with Crippen LogP contribution in [0.25, 0.3) is 27.9 Å². The van der Waals surface area contributed by atoms with E-state index in [4.69, 9.17) is 9.97 Å². The topological polar surface area (TPSA) is 92.0 Å². The number of aliphatic hydroxyl groups excluding tert-OH is 1. The first-order chi connectivity index (χ1) is 17.0. The quantitative estimate of drug-likeness (QED) is 0.386. The van der Waals surface area contributed by atoms with Gasteiger partial charge in [0.05, 0.1) is 18.3 Å². The van der Waals surface area contributed by atoms with Crippen LogP contribution in [0.1, 0.15) is 54.4 Å². The molecule has 1 unspecified atom stereocenters. The molecule has 8 heteroatoms. The third kappa shape index (κ3) is 3.78. The molecule has 1 aromatic carbocycles. The molecule has 0 saturated heterocycles. The van der Waals surface area contributed by atoms with Gasteiger partial charge in [0.15, 0.2) is 11.5 Å². The maximum atomic E-state index is 14.3. The number of rotatable bonds is 5. The van der Waals surface area contributed by atoms with Gasteiger partial charge in [-0.3, -0.25) is 4.98 Å². The number of pyridine rings is 1. The lowest BCUT2D eigenvalue weighted by Crippen LogP contribution is -2.19. The van der Waals surface area contributed by atoms with E-state index in [1.54, 1.807) is 18.5 Å². The third-order valence-corrected chi connectivity index (χ3v) is 7.07. The van der Waals surface area contributed by atoms with Gasteiger partial charge in [-0.1, -0.05) is 26.0 Å². The number of aromatic nitrogens is 6. The Kier molecular flexibility index (Phi) is 5.33. The number of halogens is 1. The largest absolute Gasteiger partial charge is 0.392 e. The molecule has 6 rings (SSSR count). The smallest absolute Gasteiger partial charge is 0.165 e. The maximum absolute atomic E-state index is 14.3. The van der Waals surface area contributed by atoms with E-state index in [0.717, 1.165) is 64.9 Å². The van der Waals surface area contributed by atoms with Crippen molar-refractivity contribution in [3.05, 3.63) is 76.9 Å².